The zero-order valence-corrected chi connectivity index (χ0v) is 20.2. The van der Waals surface area contributed by atoms with Crippen LogP contribution in [0.15, 0.2) is 41.1 Å². The van der Waals surface area contributed by atoms with Gasteiger partial charge in [-0.3, -0.25) is 4.98 Å². The molecule has 0 bridgehead atoms. The van der Waals surface area contributed by atoms with Crippen molar-refractivity contribution in [1.29, 1.82) is 0 Å². The number of nitrogens with zero attached hydrogens (tertiary/aromatic N) is 4. The van der Waals surface area contributed by atoms with Crippen molar-refractivity contribution in [3.05, 3.63) is 52.6 Å². The second-order valence-corrected chi connectivity index (χ2v) is 11.4. The number of rotatable bonds is 4. The second-order valence-electron chi connectivity index (χ2n) is 8.39. The standard InChI is InChI=1S/C22H22BrFN6O2S/c1-12(28-16-3-2-6-33(31,32)11-16)20-19(23)21(25)30-22(29-20)17(10-27-30)14-7-13-8-15(24)4-5-18(13)26-9-14/h4-5,7-10,12,16,28H,2-3,6,11,25H2,1H3. The van der Waals surface area contributed by atoms with Crippen molar-refractivity contribution in [2.45, 2.75) is 31.8 Å². The molecule has 2 atom stereocenters. The number of anilines is 1. The lowest BCUT2D eigenvalue weighted by molar-refractivity contribution is 0.432. The van der Waals surface area contributed by atoms with Crippen LogP contribution < -0.4 is 11.1 Å². The molecule has 8 nitrogen and oxygen atoms in total. The lowest BCUT2D eigenvalue weighted by Crippen LogP contribution is -2.41. The van der Waals surface area contributed by atoms with Crippen LogP contribution in [0, 0.1) is 5.82 Å². The van der Waals surface area contributed by atoms with E-state index in [-0.39, 0.29) is 29.4 Å². The first kappa shape index (κ1) is 22.2. The lowest BCUT2D eigenvalue weighted by atomic mass is 10.1. The van der Waals surface area contributed by atoms with Crippen LogP contribution in [0.1, 0.15) is 31.5 Å². The van der Waals surface area contributed by atoms with Crippen molar-refractivity contribution < 1.29 is 12.8 Å². The Morgan fingerprint density at radius 1 is 1.30 bits per heavy atom. The molecule has 2 unspecified atom stereocenters. The molecule has 1 aliphatic rings. The quantitative estimate of drug-likeness (QED) is 0.412. The van der Waals surface area contributed by atoms with Gasteiger partial charge in [-0.2, -0.15) is 9.61 Å². The number of nitrogen functional groups attached to an aromatic ring is 1. The third-order valence-corrected chi connectivity index (χ3v) is 8.59. The molecule has 0 spiro atoms. The van der Waals surface area contributed by atoms with Gasteiger partial charge in [0, 0.05) is 34.8 Å². The number of pyridine rings is 1. The molecule has 0 saturated carbocycles. The van der Waals surface area contributed by atoms with Gasteiger partial charge in [-0.1, -0.05) is 0 Å². The van der Waals surface area contributed by atoms with Crippen LogP contribution >= 0.6 is 15.9 Å². The maximum Gasteiger partial charge on any atom is 0.165 e. The van der Waals surface area contributed by atoms with Crippen LogP contribution in [0.2, 0.25) is 0 Å². The van der Waals surface area contributed by atoms with Crippen molar-refractivity contribution in [3.63, 3.8) is 0 Å². The second kappa shape index (κ2) is 8.30. The number of sulfone groups is 1. The van der Waals surface area contributed by atoms with Gasteiger partial charge in [0.15, 0.2) is 15.5 Å². The predicted octanol–water partition coefficient (Wildman–Crippen LogP) is 3.66. The molecule has 1 aliphatic heterocycles. The highest BCUT2D eigenvalue weighted by Gasteiger charge is 2.27. The fourth-order valence-corrected chi connectivity index (χ4v) is 6.59. The van der Waals surface area contributed by atoms with E-state index < -0.39 is 9.84 Å². The van der Waals surface area contributed by atoms with Crippen LogP contribution in [-0.4, -0.2) is 45.5 Å². The summed E-state index contributed by atoms with van der Waals surface area (Å²) in [4.78, 5) is 9.26. The van der Waals surface area contributed by atoms with Crippen molar-refractivity contribution in [1.82, 2.24) is 24.9 Å². The fourth-order valence-electron chi connectivity index (χ4n) is 4.34. The average Bonchev–Trinajstić information content (AvgIpc) is 3.19. The minimum atomic E-state index is -3.03. The third-order valence-electron chi connectivity index (χ3n) is 5.96. The van der Waals surface area contributed by atoms with Gasteiger partial charge in [-0.25, -0.2) is 17.8 Å². The number of benzene rings is 1. The molecule has 11 heteroatoms. The van der Waals surface area contributed by atoms with Crippen LogP contribution in [0.3, 0.4) is 0 Å². The summed E-state index contributed by atoms with van der Waals surface area (Å²) in [6.07, 6.45) is 4.79. The van der Waals surface area contributed by atoms with E-state index in [0.29, 0.717) is 44.5 Å². The zero-order valence-electron chi connectivity index (χ0n) is 17.8. The maximum atomic E-state index is 13.7. The summed E-state index contributed by atoms with van der Waals surface area (Å²) in [5.74, 6) is 0.401. The van der Waals surface area contributed by atoms with Crippen molar-refractivity contribution in [2.24, 2.45) is 0 Å². The van der Waals surface area contributed by atoms with Gasteiger partial charge in [0.05, 0.1) is 33.4 Å². The zero-order chi connectivity index (χ0) is 23.3. The molecule has 172 valence electrons. The molecule has 1 saturated heterocycles. The van der Waals surface area contributed by atoms with Gasteiger partial charge in [0.25, 0.3) is 0 Å². The van der Waals surface area contributed by atoms with E-state index in [1.54, 1.807) is 18.5 Å². The van der Waals surface area contributed by atoms with Gasteiger partial charge >= 0.3 is 0 Å². The third kappa shape index (κ3) is 4.20. The summed E-state index contributed by atoms with van der Waals surface area (Å²) in [5.41, 5.74) is 9.69. The van der Waals surface area contributed by atoms with Gasteiger partial charge in [-0.05, 0) is 60.0 Å². The summed E-state index contributed by atoms with van der Waals surface area (Å²) < 4.78 is 39.9. The number of hydrogen-bond donors (Lipinski definition) is 2. The van der Waals surface area contributed by atoms with Crippen LogP contribution in [0.25, 0.3) is 27.7 Å². The van der Waals surface area contributed by atoms with E-state index >= 15 is 0 Å². The van der Waals surface area contributed by atoms with E-state index in [2.05, 4.69) is 31.3 Å². The van der Waals surface area contributed by atoms with Gasteiger partial charge < -0.3 is 11.1 Å². The van der Waals surface area contributed by atoms with Crippen molar-refractivity contribution >= 4 is 48.1 Å². The molecule has 3 aromatic heterocycles. The minimum Gasteiger partial charge on any atom is -0.383 e. The Kier molecular flexibility index (Phi) is 5.58. The Balaban J connectivity index is 1.55. The Morgan fingerprint density at radius 2 is 2.12 bits per heavy atom. The molecule has 5 rings (SSSR count). The first-order valence-electron chi connectivity index (χ1n) is 10.6. The van der Waals surface area contributed by atoms with E-state index in [0.717, 1.165) is 12.0 Å². The van der Waals surface area contributed by atoms with Crippen molar-refractivity contribution in [2.75, 3.05) is 17.2 Å². The molecule has 33 heavy (non-hydrogen) atoms. The van der Waals surface area contributed by atoms with Gasteiger partial charge in [0.2, 0.25) is 0 Å². The molecular weight excluding hydrogens is 511 g/mol. The van der Waals surface area contributed by atoms with Gasteiger partial charge in [0.1, 0.15) is 11.6 Å². The first-order valence-corrected chi connectivity index (χ1v) is 13.2. The van der Waals surface area contributed by atoms with Crippen LogP contribution in [0.5, 0.6) is 0 Å². The Hall–Kier alpha value is -2.63. The molecule has 0 aliphatic carbocycles. The molecule has 4 heterocycles. The van der Waals surface area contributed by atoms with E-state index in [1.165, 1.54) is 16.6 Å². The highest BCUT2D eigenvalue weighted by atomic mass is 79.9. The van der Waals surface area contributed by atoms with Crippen molar-refractivity contribution in [3.8, 4) is 11.1 Å². The number of fused-ring (bicyclic) bond motifs is 2. The smallest absolute Gasteiger partial charge is 0.165 e. The number of nitrogens with two attached hydrogens (primary N) is 1. The largest absolute Gasteiger partial charge is 0.383 e. The summed E-state index contributed by atoms with van der Waals surface area (Å²) in [6.45, 7) is 1.93. The van der Waals surface area contributed by atoms with E-state index in [1.807, 2.05) is 13.0 Å². The molecule has 0 radical (unpaired) electrons. The Bertz CT molecular complexity index is 1490. The summed E-state index contributed by atoms with van der Waals surface area (Å²) in [7, 11) is -3.03. The number of aromatic nitrogens is 4. The number of halogens is 2. The average molecular weight is 533 g/mol. The minimum absolute atomic E-state index is 0.115. The topological polar surface area (TPSA) is 115 Å². The monoisotopic (exact) mass is 532 g/mol. The molecular formula is C22H22BrFN6O2S. The Morgan fingerprint density at radius 3 is 2.91 bits per heavy atom. The molecule has 1 aromatic carbocycles. The van der Waals surface area contributed by atoms with Crippen LogP contribution in [0.4, 0.5) is 10.2 Å². The lowest BCUT2D eigenvalue weighted by Gasteiger charge is -2.27. The van der Waals surface area contributed by atoms with Gasteiger partial charge in [-0.15, -0.1) is 0 Å². The molecule has 0 amide bonds. The summed E-state index contributed by atoms with van der Waals surface area (Å²) in [5, 5.41) is 8.45. The summed E-state index contributed by atoms with van der Waals surface area (Å²) in [6, 6.07) is 5.89. The highest BCUT2D eigenvalue weighted by molar-refractivity contribution is 9.10. The Labute approximate surface area is 198 Å². The van der Waals surface area contributed by atoms with Crippen LogP contribution in [-0.2, 0) is 9.84 Å². The maximum absolute atomic E-state index is 13.7. The molecule has 4 aromatic rings. The predicted molar refractivity (Wildman–Crippen MR) is 129 cm³/mol. The fraction of sp³-hybridized carbons (Fsp3) is 0.318. The first-order chi connectivity index (χ1) is 15.7. The SMILES string of the molecule is CC(NC1CCCS(=O)(=O)C1)c1nc2c(-c3cnc4ccc(F)cc4c3)cnn2c(N)c1Br. The highest BCUT2D eigenvalue weighted by Crippen LogP contribution is 2.33. The normalized spacial score (nSPS) is 19.2. The molecule has 1 fully saturated rings. The molecule has 3 N–H and O–H groups in total. The van der Waals surface area contributed by atoms with E-state index in [4.69, 9.17) is 10.7 Å². The summed E-state index contributed by atoms with van der Waals surface area (Å²) >= 11 is 3.53. The number of nitrogens with one attached hydrogen (secondary N) is 1. The number of hydrogen-bond acceptors (Lipinski definition) is 7. The van der Waals surface area contributed by atoms with E-state index in [9.17, 15) is 12.8 Å².